The zero-order valence-electron chi connectivity index (χ0n) is 18.8. The third-order valence-corrected chi connectivity index (χ3v) is 4.84. The first kappa shape index (κ1) is 23.9. The average molecular weight is 459 g/mol. The number of ether oxygens (including phenoxy) is 1. The van der Waals surface area contributed by atoms with Gasteiger partial charge in [-0.15, -0.1) is 6.42 Å². The van der Waals surface area contributed by atoms with Gasteiger partial charge in [-0.2, -0.15) is 0 Å². The molecule has 0 saturated carbocycles. The Morgan fingerprint density at radius 2 is 1.82 bits per heavy atom. The molecule has 0 radical (unpaired) electrons. The number of para-hydroxylation sites is 1. The third-order valence-electron chi connectivity index (χ3n) is 4.84. The molecule has 0 spiro atoms. The summed E-state index contributed by atoms with van der Waals surface area (Å²) in [4.78, 5) is 31.4. The molecule has 0 saturated heterocycles. The first-order valence-electron chi connectivity index (χ1n) is 10.0. The molecule has 1 heterocycles. The molecule has 3 rings (SSSR count). The predicted octanol–water partition coefficient (Wildman–Crippen LogP) is 3.60. The molecule has 8 nitrogen and oxygen atoms in total. The highest BCUT2D eigenvalue weighted by molar-refractivity contribution is 6.13. The van der Waals surface area contributed by atoms with E-state index in [1.54, 1.807) is 38.4 Å². The van der Waals surface area contributed by atoms with Crippen molar-refractivity contribution in [1.29, 1.82) is 5.41 Å². The van der Waals surface area contributed by atoms with Crippen LogP contribution in [-0.2, 0) is 0 Å². The van der Waals surface area contributed by atoms with Gasteiger partial charge in [0.2, 0.25) is 0 Å². The highest BCUT2D eigenvalue weighted by atomic mass is 19.1. The standard InChI is InChI=1S/C25H22FN5O3/c1-5-15-9-12-21(28-14-15)29-25(33)18-7-6-8-20(34-4)22(18)30-24(32)17-11-10-16(13-19(17)26)23(27)31(2)3/h1,6-14,27H,2-4H3,(H,30,32)(H,28,29,33). The van der Waals surface area contributed by atoms with Crippen molar-refractivity contribution in [2.24, 2.45) is 0 Å². The monoisotopic (exact) mass is 459 g/mol. The number of benzene rings is 2. The van der Waals surface area contributed by atoms with Crippen molar-refractivity contribution < 1.29 is 18.7 Å². The number of hydrogen-bond acceptors (Lipinski definition) is 5. The topological polar surface area (TPSA) is 107 Å². The number of amides is 2. The van der Waals surface area contributed by atoms with Crippen LogP contribution in [-0.4, -0.2) is 48.7 Å². The minimum atomic E-state index is -0.805. The molecular weight excluding hydrogens is 437 g/mol. The average Bonchev–Trinajstić information content (AvgIpc) is 2.83. The van der Waals surface area contributed by atoms with Gasteiger partial charge in [0, 0.05) is 31.4 Å². The lowest BCUT2D eigenvalue weighted by Crippen LogP contribution is -2.23. The van der Waals surface area contributed by atoms with Crippen LogP contribution in [0.1, 0.15) is 31.8 Å². The van der Waals surface area contributed by atoms with E-state index in [1.165, 1.54) is 36.4 Å². The summed E-state index contributed by atoms with van der Waals surface area (Å²) >= 11 is 0. The SMILES string of the molecule is C#Cc1ccc(NC(=O)c2cccc(OC)c2NC(=O)c2ccc(C(=N)N(C)C)cc2F)nc1. The number of nitrogens with zero attached hydrogens (tertiary/aromatic N) is 2. The zero-order chi connectivity index (χ0) is 24.8. The van der Waals surface area contributed by atoms with E-state index in [4.69, 9.17) is 16.6 Å². The lowest BCUT2D eigenvalue weighted by molar-refractivity contribution is 0.102. The number of terminal acetylenes is 1. The van der Waals surface area contributed by atoms with Crippen LogP contribution in [0.15, 0.2) is 54.7 Å². The number of rotatable bonds is 6. The lowest BCUT2D eigenvalue weighted by atomic mass is 10.1. The number of anilines is 2. The lowest BCUT2D eigenvalue weighted by Gasteiger charge is -2.16. The number of carbonyl (C=O) groups excluding carboxylic acids is 2. The summed E-state index contributed by atoms with van der Waals surface area (Å²) < 4.78 is 20.0. The molecule has 3 aromatic rings. The van der Waals surface area contributed by atoms with Crippen molar-refractivity contribution in [2.45, 2.75) is 0 Å². The number of halogens is 1. The van der Waals surface area contributed by atoms with Crippen molar-refractivity contribution in [3.8, 4) is 18.1 Å². The van der Waals surface area contributed by atoms with Crippen molar-refractivity contribution in [1.82, 2.24) is 9.88 Å². The van der Waals surface area contributed by atoms with Gasteiger partial charge in [-0.05, 0) is 36.4 Å². The van der Waals surface area contributed by atoms with E-state index in [-0.39, 0.29) is 34.2 Å². The normalized spacial score (nSPS) is 10.1. The molecular formula is C25H22FN5O3. The number of hydrogen-bond donors (Lipinski definition) is 3. The van der Waals surface area contributed by atoms with Crippen LogP contribution in [0.2, 0.25) is 0 Å². The fourth-order valence-corrected chi connectivity index (χ4v) is 3.04. The summed E-state index contributed by atoms with van der Waals surface area (Å²) in [6.45, 7) is 0. The molecule has 172 valence electrons. The molecule has 1 aromatic heterocycles. The number of methoxy groups -OCH3 is 1. The largest absolute Gasteiger partial charge is 0.495 e. The van der Waals surface area contributed by atoms with Crippen LogP contribution in [0.4, 0.5) is 15.9 Å². The van der Waals surface area contributed by atoms with Gasteiger partial charge in [0.15, 0.2) is 0 Å². The van der Waals surface area contributed by atoms with Gasteiger partial charge in [0.05, 0.1) is 23.9 Å². The van der Waals surface area contributed by atoms with E-state index in [1.807, 2.05) is 0 Å². The smallest absolute Gasteiger partial charge is 0.259 e. The van der Waals surface area contributed by atoms with Crippen LogP contribution >= 0.6 is 0 Å². The van der Waals surface area contributed by atoms with Crippen molar-refractivity contribution in [3.63, 3.8) is 0 Å². The van der Waals surface area contributed by atoms with E-state index in [0.717, 1.165) is 6.07 Å². The Balaban J connectivity index is 1.89. The van der Waals surface area contributed by atoms with Crippen LogP contribution in [0.25, 0.3) is 0 Å². The molecule has 2 amide bonds. The van der Waals surface area contributed by atoms with E-state index < -0.39 is 17.6 Å². The molecule has 0 bridgehead atoms. The Morgan fingerprint density at radius 1 is 1.09 bits per heavy atom. The maximum absolute atomic E-state index is 14.7. The van der Waals surface area contributed by atoms with E-state index in [2.05, 4.69) is 21.5 Å². The van der Waals surface area contributed by atoms with Gasteiger partial charge in [-0.25, -0.2) is 9.37 Å². The number of amidine groups is 1. The molecule has 0 fully saturated rings. The predicted molar refractivity (Wildman–Crippen MR) is 128 cm³/mol. The minimum absolute atomic E-state index is 0.0669. The molecule has 34 heavy (non-hydrogen) atoms. The van der Waals surface area contributed by atoms with Crippen molar-refractivity contribution in [3.05, 3.63) is 82.8 Å². The summed E-state index contributed by atoms with van der Waals surface area (Å²) in [5.41, 5.74) is 0.777. The van der Waals surface area contributed by atoms with Gasteiger partial charge in [0.1, 0.15) is 23.2 Å². The Hall–Kier alpha value is -4.71. The summed E-state index contributed by atoms with van der Waals surface area (Å²) in [5, 5.41) is 13.2. The number of carbonyl (C=O) groups is 2. The first-order valence-corrected chi connectivity index (χ1v) is 10.0. The number of pyridine rings is 1. The second-order valence-corrected chi connectivity index (χ2v) is 7.31. The Morgan fingerprint density at radius 3 is 2.41 bits per heavy atom. The quantitative estimate of drug-likeness (QED) is 0.297. The van der Waals surface area contributed by atoms with Gasteiger partial charge < -0.3 is 20.3 Å². The molecule has 0 unspecified atom stereocenters. The summed E-state index contributed by atoms with van der Waals surface area (Å²) in [7, 11) is 4.71. The van der Waals surface area contributed by atoms with E-state index in [9.17, 15) is 14.0 Å². The molecule has 9 heteroatoms. The second kappa shape index (κ2) is 10.3. The van der Waals surface area contributed by atoms with Crippen LogP contribution in [0, 0.1) is 23.6 Å². The summed E-state index contributed by atoms with van der Waals surface area (Å²) in [6.07, 6.45) is 6.75. The Kier molecular flexibility index (Phi) is 7.23. The van der Waals surface area contributed by atoms with Gasteiger partial charge in [-0.3, -0.25) is 15.0 Å². The van der Waals surface area contributed by atoms with Gasteiger partial charge >= 0.3 is 0 Å². The maximum Gasteiger partial charge on any atom is 0.259 e. The van der Waals surface area contributed by atoms with Crippen molar-refractivity contribution in [2.75, 3.05) is 31.8 Å². The van der Waals surface area contributed by atoms with E-state index in [0.29, 0.717) is 11.1 Å². The fraction of sp³-hybridized carbons (Fsp3) is 0.120. The molecule has 0 aliphatic carbocycles. The van der Waals surface area contributed by atoms with Crippen molar-refractivity contribution >= 4 is 29.2 Å². The minimum Gasteiger partial charge on any atom is -0.495 e. The number of aromatic nitrogens is 1. The molecule has 0 aliphatic rings. The summed E-state index contributed by atoms with van der Waals surface area (Å²) in [5.74, 6) is 0.850. The molecule has 3 N–H and O–H groups in total. The number of nitrogens with one attached hydrogen (secondary N) is 3. The fourth-order valence-electron chi connectivity index (χ4n) is 3.04. The van der Waals surface area contributed by atoms with Gasteiger partial charge in [0.25, 0.3) is 11.8 Å². The molecule has 2 aromatic carbocycles. The highest BCUT2D eigenvalue weighted by Gasteiger charge is 2.21. The summed E-state index contributed by atoms with van der Waals surface area (Å²) in [6, 6.07) is 11.7. The van der Waals surface area contributed by atoms with Crippen LogP contribution in [0.3, 0.4) is 0 Å². The molecule has 0 aliphatic heterocycles. The maximum atomic E-state index is 14.7. The second-order valence-electron chi connectivity index (χ2n) is 7.31. The first-order chi connectivity index (χ1) is 16.2. The molecule has 0 atom stereocenters. The Labute approximate surface area is 196 Å². The van der Waals surface area contributed by atoms with Crippen LogP contribution in [0.5, 0.6) is 5.75 Å². The van der Waals surface area contributed by atoms with Crippen LogP contribution < -0.4 is 15.4 Å². The van der Waals surface area contributed by atoms with Gasteiger partial charge in [-0.1, -0.05) is 18.1 Å². The Bertz CT molecular complexity index is 1300. The zero-order valence-corrected chi connectivity index (χ0v) is 18.8. The highest BCUT2D eigenvalue weighted by Crippen LogP contribution is 2.30. The third kappa shape index (κ3) is 5.19. The van der Waals surface area contributed by atoms with E-state index >= 15 is 0 Å².